The lowest BCUT2D eigenvalue weighted by Crippen LogP contribution is -2.12. The van der Waals surface area contributed by atoms with E-state index in [1.807, 2.05) is 31.2 Å². The van der Waals surface area contributed by atoms with Crippen molar-refractivity contribution < 1.29 is 4.79 Å². The number of aromatic nitrogens is 2. The van der Waals surface area contributed by atoms with Crippen molar-refractivity contribution in [3.8, 4) is 0 Å². The van der Waals surface area contributed by atoms with E-state index < -0.39 is 0 Å². The third kappa shape index (κ3) is 3.41. The topological polar surface area (TPSA) is 34.9 Å². The molecule has 0 spiro atoms. The molecule has 2 rings (SSSR count). The van der Waals surface area contributed by atoms with Crippen LogP contribution >= 0.6 is 39.3 Å². The third-order valence-electron chi connectivity index (χ3n) is 2.55. The molecule has 0 saturated heterocycles. The lowest BCUT2D eigenvalue weighted by molar-refractivity contribution is 0.101. The Kier molecular flexibility index (Phi) is 5.07. The number of benzene rings is 1. The lowest BCUT2D eigenvalue weighted by atomic mass is 10.3. The molecular weight excluding hydrogens is 348 g/mol. The molecular formula is C13H12BrClN2OS. The summed E-state index contributed by atoms with van der Waals surface area (Å²) < 4.78 is 2.43. The summed E-state index contributed by atoms with van der Waals surface area (Å²) in [5.41, 5.74) is 0.613. The van der Waals surface area contributed by atoms with Crippen molar-refractivity contribution in [1.82, 2.24) is 9.78 Å². The number of rotatable bonds is 5. The van der Waals surface area contributed by atoms with E-state index in [-0.39, 0.29) is 5.78 Å². The van der Waals surface area contributed by atoms with E-state index in [2.05, 4.69) is 21.0 Å². The molecule has 19 heavy (non-hydrogen) atoms. The highest BCUT2D eigenvalue weighted by atomic mass is 79.9. The van der Waals surface area contributed by atoms with E-state index in [1.165, 1.54) is 11.8 Å². The molecule has 1 heterocycles. The summed E-state index contributed by atoms with van der Waals surface area (Å²) in [7, 11) is 0. The maximum absolute atomic E-state index is 12.2. The number of halogens is 2. The molecule has 0 fully saturated rings. The summed E-state index contributed by atoms with van der Waals surface area (Å²) in [4.78, 5) is 13.1. The first-order valence-electron chi connectivity index (χ1n) is 5.75. The summed E-state index contributed by atoms with van der Waals surface area (Å²) in [5, 5.41) is 4.81. The molecule has 3 nitrogen and oxygen atoms in total. The van der Waals surface area contributed by atoms with Crippen LogP contribution in [0.25, 0.3) is 0 Å². The van der Waals surface area contributed by atoms with Crippen LogP contribution in [0.2, 0.25) is 5.02 Å². The van der Waals surface area contributed by atoms with Gasteiger partial charge in [0.25, 0.3) is 0 Å². The van der Waals surface area contributed by atoms with Gasteiger partial charge in [0.1, 0.15) is 5.69 Å². The molecule has 1 aromatic heterocycles. The molecule has 0 N–H and O–H groups in total. The predicted molar refractivity (Wildman–Crippen MR) is 82.1 cm³/mol. The van der Waals surface area contributed by atoms with Gasteiger partial charge in [0.2, 0.25) is 0 Å². The molecule has 1 aromatic carbocycles. The first-order chi connectivity index (χ1) is 9.13. The highest BCUT2D eigenvalue weighted by molar-refractivity contribution is 9.10. The van der Waals surface area contributed by atoms with Gasteiger partial charge in [-0.15, -0.1) is 11.8 Å². The number of aryl methyl sites for hydroxylation is 1. The van der Waals surface area contributed by atoms with Gasteiger partial charge in [-0.2, -0.15) is 5.10 Å². The Bertz CT molecular complexity index is 600. The van der Waals surface area contributed by atoms with Crippen molar-refractivity contribution in [2.75, 3.05) is 5.75 Å². The summed E-state index contributed by atoms with van der Waals surface area (Å²) in [6, 6.07) is 7.51. The summed E-state index contributed by atoms with van der Waals surface area (Å²) in [6.07, 6.45) is 1.65. The fourth-order valence-corrected chi connectivity index (χ4v) is 3.27. The lowest BCUT2D eigenvalue weighted by Gasteiger charge is -2.06. The van der Waals surface area contributed by atoms with Crippen LogP contribution < -0.4 is 0 Å². The molecule has 0 aliphatic carbocycles. The van der Waals surface area contributed by atoms with Crippen LogP contribution in [0, 0.1) is 0 Å². The smallest absolute Gasteiger partial charge is 0.192 e. The number of carbonyl (C=O) groups is 1. The van der Waals surface area contributed by atoms with E-state index in [4.69, 9.17) is 11.6 Å². The average Bonchev–Trinajstić information content (AvgIpc) is 2.78. The highest BCUT2D eigenvalue weighted by Gasteiger charge is 2.16. The minimum Gasteiger partial charge on any atom is -0.291 e. The second-order valence-electron chi connectivity index (χ2n) is 3.80. The molecule has 0 aliphatic heterocycles. The van der Waals surface area contributed by atoms with Crippen LogP contribution in [-0.4, -0.2) is 21.3 Å². The van der Waals surface area contributed by atoms with E-state index in [0.29, 0.717) is 23.0 Å². The van der Waals surface area contributed by atoms with Crippen LogP contribution in [-0.2, 0) is 6.54 Å². The van der Waals surface area contributed by atoms with E-state index in [9.17, 15) is 4.79 Å². The number of nitrogens with zero attached hydrogens (tertiary/aromatic N) is 2. The second kappa shape index (κ2) is 6.59. The molecule has 2 aromatic rings. The standard InChI is InChI=1S/C13H12BrClN2OS/c1-2-17-13(9(14)7-16-17)11(18)8-19-12-6-4-3-5-10(12)15/h3-7H,2,8H2,1H3. The molecule has 0 bridgehead atoms. The van der Waals surface area contributed by atoms with Crippen LogP contribution in [0.4, 0.5) is 0 Å². The van der Waals surface area contributed by atoms with Crippen LogP contribution in [0.15, 0.2) is 39.8 Å². The Hall–Kier alpha value is -0.780. The van der Waals surface area contributed by atoms with Crippen molar-refractivity contribution in [2.45, 2.75) is 18.4 Å². The molecule has 0 aliphatic rings. The zero-order valence-electron chi connectivity index (χ0n) is 10.3. The molecule has 0 radical (unpaired) electrons. The Morgan fingerprint density at radius 2 is 2.21 bits per heavy atom. The summed E-state index contributed by atoms with van der Waals surface area (Å²) >= 11 is 10.9. The minimum absolute atomic E-state index is 0.0381. The van der Waals surface area contributed by atoms with Crippen LogP contribution in [0.5, 0.6) is 0 Å². The van der Waals surface area contributed by atoms with Crippen molar-refractivity contribution in [3.05, 3.63) is 45.7 Å². The third-order valence-corrected chi connectivity index (χ3v) is 4.65. The van der Waals surface area contributed by atoms with Gasteiger partial charge in [-0.1, -0.05) is 23.7 Å². The Balaban J connectivity index is 2.10. The molecule has 0 atom stereocenters. The van der Waals surface area contributed by atoms with Crippen molar-refractivity contribution in [2.24, 2.45) is 0 Å². The van der Waals surface area contributed by atoms with E-state index in [0.717, 1.165) is 9.37 Å². The average molecular weight is 360 g/mol. The van der Waals surface area contributed by atoms with Crippen molar-refractivity contribution in [1.29, 1.82) is 0 Å². The Labute approximate surface area is 129 Å². The number of thioether (sulfide) groups is 1. The fraction of sp³-hybridized carbons (Fsp3) is 0.231. The van der Waals surface area contributed by atoms with Gasteiger partial charge in [0.05, 0.1) is 21.4 Å². The molecule has 0 unspecified atom stereocenters. The molecule has 0 amide bonds. The van der Waals surface area contributed by atoms with Gasteiger partial charge >= 0.3 is 0 Å². The maximum atomic E-state index is 12.2. The van der Waals surface area contributed by atoms with Crippen LogP contribution in [0.1, 0.15) is 17.4 Å². The van der Waals surface area contributed by atoms with Gasteiger partial charge in [0, 0.05) is 11.4 Å². The molecule has 6 heteroatoms. The zero-order chi connectivity index (χ0) is 13.8. The van der Waals surface area contributed by atoms with Gasteiger partial charge in [-0.25, -0.2) is 0 Å². The fourth-order valence-electron chi connectivity index (χ4n) is 1.65. The van der Waals surface area contributed by atoms with Gasteiger partial charge < -0.3 is 0 Å². The number of hydrogen-bond donors (Lipinski definition) is 0. The Morgan fingerprint density at radius 1 is 1.47 bits per heavy atom. The van der Waals surface area contributed by atoms with Crippen molar-refractivity contribution >= 4 is 45.1 Å². The van der Waals surface area contributed by atoms with Crippen molar-refractivity contribution in [3.63, 3.8) is 0 Å². The van der Waals surface area contributed by atoms with E-state index >= 15 is 0 Å². The molecule has 0 saturated carbocycles. The highest BCUT2D eigenvalue weighted by Crippen LogP contribution is 2.28. The number of carbonyl (C=O) groups excluding carboxylic acids is 1. The first-order valence-corrected chi connectivity index (χ1v) is 7.91. The first kappa shape index (κ1) is 14.6. The largest absolute Gasteiger partial charge is 0.291 e. The molecule has 100 valence electrons. The maximum Gasteiger partial charge on any atom is 0.192 e. The predicted octanol–water partition coefficient (Wildman–Crippen LogP) is 4.29. The quantitative estimate of drug-likeness (QED) is 0.590. The zero-order valence-corrected chi connectivity index (χ0v) is 13.4. The normalized spacial score (nSPS) is 10.7. The number of Topliss-reactive ketones (excluding diaryl/α,β-unsaturated/α-hetero) is 1. The minimum atomic E-state index is 0.0381. The SMILES string of the molecule is CCn1ncc(Br)c1C(=O)CSc1ccccc1Cl. The van der Waals surface area contributed by atoms with Gasteiger partial charge in [-0.05, 0) is 35.0 Å². The van der Waals surface area contributed by atoms with Crippen LogP contribution in [0.3, 0.4) is 0 Å². The number of hydrogen-bond acceptors (Lipinski definition) is 3. The second-order valence-corrected chi connectivity index (χ2v) is 6.08. The summed E-state index contributed by atoms with van der Waals surface area (Å²) in [5.74, 6) is 0.379. The summed E-state index contributed by atoms with van der Waals surface area (Å²) in [6.45, 7) is 2.63. The Morgan fingerprint density at radius 3 is 2.89 bits per heavy atom. The number of ketones is 1. The van der Waals surface area contributed by atoms with Gasteiger partial charge in [-0.3, -0.25) is 9.48 Å². The van der Waals surface area contributed by atoms with Gasteiger partial charge in [0.15, 0.2) is 5.78 Å². The van der Waals surface area contributed by atoms with E-state index in [1.54, 1.807) is 10.9 Å². The monoisotopic (exact) mass is 358 g/mol.